The zero-order valence-corrected chi connectivity index (χ0v) is 11.2. The van der Waals surface area contributed by atoms with E-state index in [4.69, 9.17) is 4.74 Å². The summed E-state index contributed by atoms with van der Waals surface area (Å²) in [5, 5.41) is 10.9. The molecule has 3 rings (SSSR count). The number of amidine groups is 1. The van der Waals surface area contributed by atoms with Crippen molar-refractivity contribution >= 4 is 17.4 Å². The number of nitro benzene ring substituents is 1. The van der Waals surface area contributed by atoms with Crippen LogP contribution in [-0.2, 0) is 4.79 Å². The highest BCUT2D eigenvalue weighted by Crippen LogP contribution is 2.32. The molecule has 0 radical (unpaired) electrons. The summed E-state index contributed by atoms with van der Waals surface area (Å²) in [7, 11) is 0. The normalized spacial score (nSPS) is 20.7. The first-order valence-electron chi connectivity index (χ1n) is 6.59. The Labute approximate surface area is 123 Å². The van der Waals surface area contributed by atoms with Gasteiger partial charge in [-0.3, -0.25) is 19.8 Å². The maximum Gasteiger partial charge on any atom is 0.295 e. The third-order valence-corrected chi connectivity index (χ3v) is 3.46. The SMILES string of the molecule is O=C1CCCN1C1=NC(C(F)F)Oc2ccc([N+](=O)[O-])cc21. The molecule has 1 amide bonds. The van der Waals surface area contributed by atoms with E-state index < -0.39 is 17.6 Å². The molecule has 1 aromatic carbocycles. The maximum atomic E-state index is 12.9. The van der Waals surface area contributed by atoms with Crippen molar-refractivity contribution in [2.75, 3.05) is 6.54 Å². The van der Waals surface area contributed by atoms with E-state index in [0.717, 1.165) is 6.07 Å². The highest BCUT2D eigenvalue weighted by Gasteiger charge is 2.35. The van der Waals surface area contributed by atoms with E-state index in [2.05, 4.69) is 4.99 Å². The van der Waals surface area contributed by atoms with Crippen LogP contribution in [0.2, 0.25) is 0 Å². The molecule has 0 bridgehead atoms. The second-order valence-electron chi connectivity index (χ2n) is 4.88. The van der Waals surface area contributed by atoms with E-state index in [0.29, 0.717) is 19.4 Å². The number of amides is 1. The number of nitro groups is 1. The Bertz CT molecular complexity index is 677. The fourth-order valence-corrected chi connectivity index (χ4v) is 2.45. The molecule has 1 fully saturated rings. The van der Waals surface area contributed by atoms with Gasteiger partial charge in [0.1, 0.15) is 11.6 Å². The standard InChI is InChI=1S/C13H11F2N3O4/c14-11(15)13-16-12(17-5-1-2-10(17)19)8-6-7(18(20)21)3-4-9(8)22-13/h3-4,6,11,13H,1-2,5H2. The van der Waals surface area contributed by atoms with Gasteiger partial charge < -0.3 is 4.74 Å². The van der Waals surface area contributed by atoms with E-state index in [-0.39, 0.29) is 28.7 Å². The number of non-ortho nitro benzene ring substituents is 1. The molecule has 1 atom stereocenters. The summed E-state index contributed by atoms with van der Waals surface area (Å²) in [6.07, 6.45) is -3.71. The maximum absolute atomic E-state index is 12.9. The second-order valence-corrected chi connectivity index (χ2v) is 4.88. The van der Waals surface area contributed by atoms with Gasteiger partial charge in [0, 0.05) is 25.1 Å². The van der Waals surface area contributed by atoms with Crippen molar-refractivity contribution in [1.29, 1.82) is 0 Å². The number of likely N-dealkylation sites (tertiary alicyclic amines) is 1. The summed E-state index contributed by atoms with van der Waals surface area (Å²) in [5.41, 5.74) is -0.0430. The van der Waals surface area contributed by atoms with Crippen molar-refractivity contribution in [3.05, 3.63) is 33.9 Å². The van der Waals surface area contributed by atoms with Gasteiger partial charge in [0.25, 0.3) is 18.3 Å². The number of rotatable bonds is 2. The molecule has 0 aromatic heterocycles. The number of nitrogens with zero attached hydrogens (tertiary/aromatic N) is 3. The lowest BCUT2D eigenvalue weighted by molar-refractivity contribution is -0.384. The average molecular weight is 311 g/mol. The van der Waals surface area contributed by atoms with Crippen molar-refractivity contribution in [1.82, 2.24) is 4.90 Å². The molecule has 9 heteroatoms. The molecule has 0 N–H and O–H groups in total. The number of carbonyl (C=O) groups is 1. The minimum atomic E-state index is -2.86. The number of hydrogen-bond donors (Lipinski definition) is 0. The lowest BCUT2D eigenvalue weighted by Crippen LogP contribution is -2.39. The van der Waals surface area contributed by atoms with Crippen molar-refractivity contribution in [3.8, 4) is 5.75 Å². The Morgan fingerprint density at radius 3 is 2.82 bits per heavy atom. The number of alkyl halides is 2. The van der Waals surface area contributed by atoms with Crippen LogP contribution in [-0.4, -0.2) is 40.8 Å². The average Bonchev–Trinajstić information content (AvgIpc) is 2.91. The molecule has 22 heavy (non-hydrogen) atoms. The van der Waals surface area contributed by atoms with Gasteiger partial charge in [-0.05, 0) is 12.5 Å². The first-order valence-corrected chi connectivity index (χ1v) is 6.59. The van der Waals surface area contributed by atoms with Gasteiger partial charge in [-0.1, -0.05) is 0 Å². The molecule has 0 saturated carbocycles. The molecule has 1 aromatic rings. The van der Waals surface area contributed by atoms with Gasteiger partial charge >= 0.3 is 0 Å². The highest BCUT2D eigenvalue weighted by atomic mass is 19.3. The largest absolute Gasteiger partial charge is 0.462 e. The summed E-state index contributed by atoms with van der Waals surface area (Å²) >= 11 is 0. The molecule has 2 aliphatic rings. The van der Waals surface area contributed by atoms with Crippen LogP contribution in [0.15, 0.2) is 23.2 Å². The second kappa shape index (κ2) is 5.32. The van der Waals surface area contributed by atoms with Crippen LogP contribution in [0.25, 0.3) is 0 Å². The van der Waals surface area contributed by atoms with Crippen LogP contribution in [0.5, 0.6) is 5.75 Å². The molecule has 7 nitrogen and oxygen atoms in total. The topological polar surface area (TPSA) is 85.0 Å². The quantitative estimate of drug-likeness (QED) is 0.617. The third-order valence-electron chi connectivity index (χ3n) is 3.46. The van der Waals surface area contributed by atoms with Gasteiger partial charge in [-0.2, -0.15) is 0 Å². The molecule has 116 valence electrons. The molecule has 2 heterocycles. The molecule has 1 unspecified atom stereocenters. The predicted molar refractivity (Wildman–Crippen MR) is 71.0 cm³/mol. The number of carbonyl (C=O) groups excluding carboxylic acids is 1. The number of hydrogen-bond acceptors (Lipinski definition) is 5. The van der Waals surface area contributed by atoms with Crippen LogP contribution in [0.3, 0.4) is 0 Å². The number of halogens is 2. The zero-order valence-electron chi connectivity index (χ0n) is 11.2. The van der Waals surface area contributed by atoms with Gasteiger partial charge in [0.2, 0.25) is 5.91 Å². The highest BCUT2D eigenvalue weighted by molar-refractivity contribution is 6.10. The summed E-state index contributed by atoms with van der Waals surface area (Å²) in [6.45, 7) is 0.343. The monoisotopic (exact) mass is 311 g/mol. The first kappa shape index (κ1) is 14.4. The van der Waals surface area contributed by atoms with Crippen molar-refractivity contribution in [3.63, 3.8) is 0 Å². The fraction of sp³-hybridized carbons (Fsp3) is 0.385. The number of fused-ring (bicyclic) bond motifs is 1. The van der Waals surface area contributed by atoms with E-state index in [1.165, 1.54) is 17.0 Å². The van der Waals surface area contributed by atoms with Crippen LogP contribution in [0.4, 0.5) is 14.5 Å². The number of benzene rings is 1. The first-order chi connectivity index (χ1) is 10.5. The van der Waals surface area contributed by atoms with Crippen molar-refractivity contribution in [2.24, 2.45) is 4.99 Å². The van der Waals surface area contributed by atoms with Crippen LogP contribution in [0, 0.1) is 10.1 Å². The smallest absolute Gasteiger partial charge is 0.295 e. The minimum Gasteiger partial charge on any atom is -0.462 e. The summed E-state index contributed by atoms with van der Waals surface area (Å²) in [4.78, 5) is 27.2. The van der Waals surface area contributed by atoms with E-state index in [1.807, 2.05) is 0 Å². The Balaban J connectivity index is 2.09. The predicted octanol–water partition coefficient (Wildman–Crippen LogP) is 1.95. The number of aliphatic imine (C=N–C) groups is 1. The summed E-state index contributed by atoms with van der Waals surface area (Å²) in [5.74, 6) is -0.176. The van der Waals surface area contributed by atoms with Gasteiger partial charge in [-0.15, -0.1) is 0 Å². The van der Waals surface area contributed by atoms with Gasteiger partial charge in [0.15, 0.2) is 0 Å². The molecular weight excluding hydrogens is 300 g/mol. The molecule has 0 aliphatic carbocycles. The van der Waals surface area contributed by atoms with E-state index in [9.17, 15) is 23.7 Å². The van der Waals surface area contributed by atoms with Gasteiger partial charge in [0.05, 0.1) is 10.5 Å². The summed E-state index contributed by atoms with van der Waals surface area (Å²) in [6, 6.07) is 3.59. The van der Waals surface area contributed by atoms with Crippen LogP contribution in [0.1, 0.15) is 18.4 Å². The zero-order chi connectivity index (χ0) is 15.9. The van der Waals surface area contributed by atoms with Gasteiger partial charge in [-0.25, -0.2) is 13.8 Å². The number of ether oxygens (including phenoxy) is 1. The lowest BCUT2D eigenvalue weighted by Gasteiger charge is -2.28. The van der Waals surface area contributed by atoms with E-state index >= 15 is 0 Å². The molecule has 2 aliphatic heterocycles. The van der Waals surface area contributed by atoms with Crippen molar-refractivity contribution in [2.45, 2.75) is 25.5 Å². The fourth-order valence-electron chi connectivity index (χ4n) is 2.45. The van der Waals surface area contributed by atoms with Crippen LogP contribution >= 0.6 is 0 Å². The molecule has 0 spiro atoms. The summed E-state index contributed by atoms with van der Waals surface area (Å²) < 4.78 is 30.9. The Kier molecular flexibility index (Phi) is 3.47. The molecular formula is C13H11F2N3O4. The van der Waals surface area contributed by atoms with E-state index in [1.54, 1.807) is 0 Å². The Hall–Kier alpha value is -2.58. The Morgan fingerprint density at radius 1 is 1.45 bits per heavy atom. The minimum absolute atomic E-state index is 0.0118. The Morgan fingerprint density at radius 2 is 2.23 bits per heavy atom. The van der Waals surface area contributed by atoms with Crippen molar-refractivity contribution < 1.29 is 23.2 Å². The lowest BCUT2D eigenvalue weighted by atomic mass is 10.1. The molecule has 1 saturated heterocycles. The third kappa shape index (κ3) is 2.38. The van der Waals surface area contributed by atoms with Crippen LogP contribution < -0.4 is 4.74 Å².